The van der Waals surface area contributed by atoms with Crippen LogP contribution in [0.15, 0.2) is 364 Å². The van der Waals surface area contributed by atoms with Crippen molar-refractivity contribution in [3.8, 4) is 102 Å². The van der Waals surface area contributed by atoms with Crippen molar-refractivity contribution in [1.82, 2.24) is 48.2 Å². The molecule has 0 radical (unpaired) electrons. The molecule has 0 amide bonds. The van der Waals surface area contributed by atoms with Crippen molar-refractivity contribution in [2.24, 2.45) is 0 Å². The highest BCUT2D eigenvalue weighted by Gasteiger charge is 2.26. The molecular formula is C102H60N10S2. The van der Waals surface area contributed by atoms with Gasteiger partial charge in [-0.05, 0) is 133 Å². The fourth-order valence-electron chi connectivity index (χ4n) is 17.7. The van der Waals surface area contributed by atoms with E-state index in [0.717, 1.165) is 89.2 Å². The molecule has 0 bridgehead atoms. The van der Waals surface area contributed by atoms with E-state index in [4.69, 9.17) is 29.9 Å². The second-order valence-electron chi connectivity index (χ2n) is 29.3. The minimum atomic E-state index is 0.609. The molecule has 114 heavy (non-hydrogen) atoms. The van der Waals surface area contributed by atoms with E-state index in [-0.39, 0.29) is 0 Å². The van der Waals surface area contributed by atoms with Crippen molar-refractivity contribution in [2.75, 3.05) is 0 Å². The van der Waals surface area contributed by atoms with Crippen LogP contribution in [0.25, 0.3) is 230 Å². The van der Waals surface area contributed by atoms with Crippen LogP contribution in [0.1, 0.15) is 0 Å². The number of nitrogens with zero attached hydrogens (tertiary/aromatic N) is 10. The van der Waals surface area contributed by atoms with Gasteiger partial charge in [0, 0.05) is 145 Å². The van der Waals surface area contributed by atoms with Gasteiger partial charge in [-0.3, -0.25) is 0 Å². The molecule has 0 spiro atoms. The summed E-state index contributed by atoms with van der Waals surface area (Å²) in [4.78, 5) is 30.6. The highest BCUT2D eigenvalue weighted by molar-refractivity contribution is 7.26. The highest BCUT2D eigenvalue weighted by atomic mass is 32.1. The molecule has 0 N–H and O–H groups in total. The van der Waals surface area contributed by atoms with Crippen LogP contribution in [0.2, 0.25) is 0 Å². The van der Waals surface area contributed by atoms with Crippen LogP contribution in [-0.2, 0) is 0 Å². The molecule has 0 aliphatic heterocycles. The average molecular weight is 1490 g/mol. The van der Waals surface area contributed by atoms with Crippen molar-refractivity contribution >= 4 is 150 Å². The van der Waals surface area contributed by atoms with Gasteiger partial charge in [0.15, 0.2) is 34.9 Å². The molecule has 0 aliphatic carbocycles. The maximum atomic E-state index is 5.14. The van der Waals surface area contributed by atoms with Gasteiger partial charge >= 0.3 is 0 Å². The lowest BCUT2D eigenvalue weighted by Crippen LogP contribution is -2.00. The minimum absolute atomic E-state index is 0.609. The van der Waals surface area contributed by atoms with Gasteiger partial charge in [-0.15, -0.1) is 22.7 Å². The van der Waals surface area contributed by atoms with E-state index in [1.807, 2.05) is 95.5 Å². The Balaban J connectivity index is 0.663. The van der Waals surface area contributed by atoms with Crippen molar-refractivity contribution in [3.63, 3.8) is 0 Å². The predicted octanol–water partition coefficient (Wildman–Crippen LogP) is 26.8. The number of fused-ring (bicyclic) bond motifs is 18. The van der Waals surface area contributed by atoms with Crippen LogP contribution in [0, 0.1) is 0 Å². The fraction of sp³-hybridized carbons (Fsp3) is 0. The lowest BCUT2D eigenvalue weighted by molar-refractivity contribution is 1.07. The molecule has 0 saturated carbocycles. The molecule has 12 heteroatoms. The second-order valence-corrected chi connectivity index (χ2v) is 31.4. The van der Waals surface area contributed by atoms with Crippen LogP contribution >= 0.6 is 22.7 Å². The van der Waals surface area contributed by atoms with Gasteiger partial charge in [-0.1, -0.05) is 237 Å². The first-order chi connectivity index (χ1) is 56.5. The van der Waals surface area contributed by atoms with E-state index in [0.29, 0.717) is 34.9 Å². The number of thiophene rings is 2. The van der Waals surface area contributed by atoms with Crippen LogP contribution < -0.4 is 0 Å². The first-order valence-electron chi connectivity index (χ1n) is 38.3. The van der Waals surface area contributed by atoms with Crippen LogP contribution in [-0.4, -0.2) is 48.2 Å². The molecule has 0 atom stereocenters. The Morgan fingerprint density at radius 2 is 0.518 bits per heavy atom. The Morgan fingerprint density at radius 1 is 0.175 bits per heavy atom. The zero-order valence-corrected chi connectivity index (χ0v) is 62.6. The van der Waals surface area contributed by atoms with Crippen molar-refractivity contribution in [1.29, 1.82) is 0 Å². The Morgan fingerprint density at radius 3 is 1.04 bits per heavy atom. The number of benzene rings is 16. The maximum Gasteiger partial charge on any atom is 0.164 e. The van der Waals surface area contributed by atoms with E-state index in [2.05, 4.69) is 309 Å². The van der Waals surface area contributed by atoms with Gasteiger partial charge in [0.05, 0.1) is 44.1 Å². The summed E-state index contributed by atoms with van der Waals surface area (Å²) in [5.41, 5.74) is 21.2. The Hall–Kier alpha value is -14.8. The average Bonchev–Trinajstić information content (AvgIpc) is 1.56. The summed E-state index contributed by atoms with van der Waals surface area (Å²) in [6.07, 6.45) is 0. The quantitative estimate of drug-likeness (QED) is 0.128. The zero-order chi connectivity index (χ0) is 74.6. The van der Waals surface area contributed by atoms with Crippen molar-refractivity contribution in [3.05, 3.63) is 364 Å². The lowest BCUT2D eigenvalue weighted by Gasteiger charge is -2.13. The molecule has 0 unspecified atom stereocenters. The molecule has 24 aromatic rings. The van der Waals surface area contributed by atoms with Gasteiger partial charge in [0.25, 0.3) is 0 Å². The molecule has 8 aromatic heterocycles. The first kappa shape index (κ1) is 64.0. The minimum Gasteiger partial charge on any atom is -0.309 e. The van der Waals surface area contributed by atoms with E-state index in [1.54, 1.807) is 0 Å². The summed E-state index contributed by atoms with van der Waals surface area (Å²) in [7, 11) is 0. The molecular weight excluding hydrogens is 1430 g/mol. The van der Waals surface area contributed by atoms with E-state index in [9.17, 15) is 0 Å². The van der Waals surface area contributed by atoms with E-state index >= 15 is 0 Å². The maximum absolute atomic E-state index is 5.14. The summed E-state index contributed by atoms with van der Waals surface area (Å²) in [6.45, 7) is 0. The van der Waals surface area contributed by atoms with Gasteiger partial charge in [0.2, 0.25) is 0 Å². The fourth-order valence-corrected chi connectivity index (χ4v) is 20.1. The molecule has 0 saturated heterocycles. The summed E-state index contributed by atoms with van der Waals surface area (Å²) in [6, 6.07) is 131. The molecule has 0 aliphatic rings. The molecule has 16 aromatic carbocycles. The number of hydrogen-bond acceptors (Lipinski definition) is 8. The third-order valence-corrected chi connectivity index (χ3v) is 25.2. The second kappa shape index (κ2) is 25.4. The third kappa shape index (κ3) is 10.0. The van der Waals surface area contributed by atoms with Gasteiger partial charge in [0.1, 0.15) is 0 Å². The molecule has 0 fully saturated rings. The van der Waals surface area contributed by atoms with Gasteiger partial charge < -0.3 is 18.3 Å². The summed E-state index contributed by atoms with van der Waals surface area (Å²) >= 11 is 3.73. The van der Waals surface area contributed by atoms with Gasteiger partial charge in [-0.2, -0.15) is 0 Å². The Labute approximate surface area is 660 Å². The van der Waals surface area contributed by atoms with Crippen LogP contribution in [0.3, 0.4) is 0 Å². The van der Waals surface area contributed by atoms with Crippen LogP contribution in [0.4, 0.5) is 0 Å². The van der Waals surface area contributed by atoms with Gasteiger partial charge in [-0.25, -0.2) is 29.9 Å². The zero-order valence-electron chi connectivity index (χ0n) is 60.9. The van der Waals surface area contributed by atoms with Crippen molar-refractivity contribution < 1.29 is 0 Å². The van der Waals surface area contributed by atoms with E-state index < -0.39 is 0 Å². The Bertz CT molecular complexity index is 7910. The standard InChI is InChI=1S/C102H60N10S2/c1-5-23-61(24-6-1)97-103-98(62-25-7-2-8-26-62)106-101(105-97)65-43-47-67(48-44-65)109-89-56-70(52-54-74(89)81-59-93-83(58-90(81)109)75-33-16-20-42-92(75)113-93)112-86-40-19-15-34-79(86)95-76(35-22-41-87(95)112)77-36-21-37-78-82-57-80-73-53-51-69(111-84-38-17-13-31-71(84)72-32-14-18-39-85(72)111)55-88(73)110(91(80)60-94(82)114-96(77)78)68-49-45-66(46-50-68)102-107-99(63-27-9-3-10-28-63)104-100(108-102)64-29-11-4-12-30-64/h1-60H. The number of hydrogen-bond donors (Lipinski definition) is 0. The topological polar surface area (TPSA) is 97.1 Å². The number of para-hydroxylation sites is 3. The normalized spacial score (nSPS) is 12.0. The van der Waals surface area contributed by atoms with Crippen molar-refractivity contribution in [2.45, 2.75) is 0 Å². The predicted molar refractivity (Wildman–Crippen MR) is 474 cm³/mol. The summed E-state index contributed by atoms with van der Waals surface area (Å²) in [5.74, 6) is 3.73. The monoisotopic (exact) mass is 1490 g/mol. The third-order valence-electron chi connectivity index (χ3n) is 22.9. The van der Waals surface area contributed by atoms with E-state index in [1.165, 1.54) is 106 Å². The molecule has 530 valence electrons. The molecule has 8 heterocycles. The van der Waals surface area contributed by atoms with Crippen LogP contribution in [0.5, 0.6) is 0 Å². The largest absolute Gasteiger partial charge is 0.309 e. The SMILES string of the molecule is c1ccc(-c2nc(-c3ccccc3)nc(-c3ccc(-n4c5cc(-n6c7ccccc7c7ccccc76)ccc5c5cc6c(cc54)sc4c(-c5cccc7c5c5ccccc5n7-c5ccc7c8cc9sc%10ccccc%10c9cc8n(-c8ccc(-c9nc(-c%10ccccc%10)nc(-c%10ccccc%10)n9)cc8)c7c5)cccc46)cc3)n2)cc1. The number of rotatable bonds is 11. The lowest BCUT2D eigenvalue weighted by atomic mass is 9.97. The summed E-state index contributed by atoms with van der Waals surface area (Å²) < 4.78 is 14.8. The first-order valence-corrected chi connectivity index (χ1v) is 39.9. The Kier molecular flexibility index (Phi) is 14.3. The molecule has 10 nitrogen and oxygen atoms in total. The highest BCUT2D eigenvalue weighted by Crippen LogP contribution is 2.49. The molecule has 24 rings (SSSR count). The summed E-state index contributed by atoms with van der Waals surface area (Å²) in [5, 5.41) is 14.5. The smallest absolute Gasteiger partial charge is 0.164 e. The number of aromatic nitrogens is 10.